The molecule has 6 heteroatoms. The van der Waals surface area contributed by atoms with Crippen LogP contribution in [0.1, 0.15) is 36.1 Å². The second-order valence-corrected chi connectivity index (χ2v) is 5.73. The summed E-state index contributed by atoms with van der Waals surface area (Å²) in [6.45, 7) is 8.35. The Hall–Kier alpha value is -2.21. The maximum Gasteiger partial charge on any atom is 0.251 e. The third kappa shape index (κ3) is 3.51. The third-order valence-electron chi connectivity index (χ3n) is 3.37. The molecule has 0 aliphatic heterocycles. The van der Waals surface area contributed by atoms with Crippen molar-refractivity contribution in [3.05, 3.63) is 59.1 Å². The normalized spacial score (nSPS) is 12.1. The highest BCUT2D eigenvalue weighted by Crippen LogP contribution is 2.21. The lowest BCUT2D eigenvalue weighted by Crippen LogP contribution is -2.33. The van der Waals surface area contributed by atoms with Crippen molar-refractivity contribution in [3.63, 3.8) is 0 Å². The van der Waals surface area contributed by atoms with Crippen LogP contribution in [0.2, 0.25) is 0 Å². The number of nitrogens with zero attached hydrogens (tertiary/aromatic N) is 2. The molecule has 5 nitrogen and oxygen atoms in total. The van der Waals surface area contributed by atoms with Crippen LogP contribution >= 0.6 is 12.2 Å². The van der Waals surface area contributed by atoms with Gasteiger partial charge in [0.1, 0.15) is 0 Å². The molecule has 0 saturated carbocycles. The summed E-state index contributed by atoms with van der Waals surface area (Å²) in [4.78, 5) is 12.4. The van der Waals surface area contributed by atoms with Crippen LogP contribution in [0.4, 0.5) is 0 Å². The van der Waals surface area contributed by atoms with Gasteiger partial charge >= 0.3 is 0 Å². The quantitative estimate of drug-likeness (QED) is 0.635. The summed E-state index contributed by atoms with van der Waals surface area (Å²) in [7, 11) is 0. The molecule has 2 N–H and O–H groups in total. The van der Waals surface area contributed by atoms with Gasteiger partial charge in [0.05, 0.1) is 6.04 Å². The van der Waals surface area contributed by atoms with Crippen LogP contribution in [-0.2, 0) is 6.54 Å². The summed E-state index contributed by atoms with van der Waals surface area (Å²) in [5.41, 5.74) is 0.623. The fraction of sp³-hybridized carbons (Fsp3) is 0.312. The number of carbonyl (C=O) groups excluding carboxylic acids is 1. The highest BCUT2D eigenvalue weighted by atomic mass is 32.1. The number of hydrogen-bond acceptors (Lipinski definition) is 3. The second kappa shape index (κ2) is 7.17. The van der Waals surface area contributed by atoms with Gasteiger partial charge in [0.2, 0.25) is 0 Å². The molecule has 2 rings (SSSR count). The molecule has 1 amide bonds. The van der Waals surface area contributed by atoms with Crippen molar-refractivity contribution in [1.29, 1.82) is 0 Å². The maximum atomic E-state index is 12.4. The summed E-state index contributed by atoms with van der Waals surface area (Å²) in [5, 5.41) is 10.1. The van der Waals surface area contributed by atoms with E-state index in [-0.39, 0.29) is 17.9 Å². The van der Waals surface area contributed by atoms with Gasteiger partial charge in [0, 0.05) is 12.1 Å². The smallest absolute Gasteiger partial charge is 0.251 e. The molecule has 22 heavy (non-hydrogen) atoms. The zero-order valence-corrected chi connectivity index (χ0v) is 13.6. The molecular formula is C16H20N4OS. The molecule has 0 bridgehead atoms. The number of rotatable bonds is 6. The fourth-order valence-electron chi connectivity index (χ4n) is 2.22. The van der Waals surface area contributed by atoms with Gasteiger partial charge < -0.3 is 5.32 Å². The van der Waals surface area contributed by atoms with Crippen LogP contribution in [0.25, 0.3) is 0 Å². The molecule has 0 aliphatic carbocycles. The van der Waals surface area contributed by atoms with E-state index in [4.69, 9.17) is 12.2 Å². The van der Waals surface area contributed by atoms with Gasteiger partial charge in [-0.3, -0.25) is 14.5 Å². The Morgan fingerprint density at radius 2 is 2.14 bits per heavy atom. The molecule has 0 fully saturated rings. The molecule has 1 aromatic heterocycles. The zero-order valence-electron chi connectivity index (χ0n) is 12.7. The Bertz CT molecular complexity index is 702. The lowest BCUT2D eigenvalue weighted by Gasteiger charge is -2.22. The summed E-state index contributed by atoms with van der Waals surface area (Å²) < 4.78 is 2.37. The van der Waals surface area contributed by atoms with Crippen molar-refractivity contribution in [2.45, 2.75) is 26.4 Å². The SMILES string of the molecule is C=CCn1c(C(NC(=O)c2ccccc2)C(C)C)n[nH]c1=S. The Balaban J connectivity index is 2.30. The Kier molecular flexibility index (Phi) is 5.27. The second-order valence-electron chi connectivity index (χ2n) is 5.35. The first-order valence-corrected chi connectivity index (χ1v) is 7.57. The van der Waals surface area contributed by atoms with E-state index in [1.54, 1.807) is 18.2 Å². The van der Waals surface area contributed by atoms with Crippen molar-refractivity contribution < 1.29 is 4.79 Å². The number of benzene rings is 1. The minimum Gasteiger partial charge on any atom is -0.342 e. The van der Waals surface area contributed by atoms with E-state index in [1.165, 1.54) is 0 Å². The van der Waals surface area contributed by atoms with Gasteiger partial charge in [-0.25, -0.2) is 0 Å². The fourth-order valence-corrected chi connectivity index (χ4v) is 2.43. The number of allylic oxidation sites excluding steroid dienone is 1. The van der Waals surface area contributed by atoms with Gasteiger partial charge in [-0.2, -0.15) is 5.10 Å². The topological polar surface area (TPSA) is 62.7 Å². The molecule has 1 unspecified atom stereocenters. The first-order chi connectivity index (χ1) is 10.5. The number of aromatic amines is 1. The van der Waals surface area contributed by atoms with E-state index in [0.717, 1.165) is 0 Å². The highest BCUT2D eigenvalue weighted by Gasteiger charge is 2.24. The Morgan fingerprint density at radius 1 is 1.45 bits per heavy atom. The molecule has 1 heterocycles. The van der Waals surface area contributed by atoms with Gasteiger partial charge in [-0.1, -0.05) is 38.1 Å². The molecule has 2 aromatic rings. The van der Waals surface area contributed by atoms with Crippen LogP contribution in [0.3, 0.4) is 0 Å². The van der Waals surface area contributed by atoms with Crippen molar-refractivity contribution >= 4 is 18.1 Å². The first-order valence-electron chi connectivity index (χ1n) is 7.16. The summed E-state index contributed by atoms with van der Waals surface area (Å²) >= 11 is 5.24. The number of amides is 1. The zero-order chi connectivity index (χ0) is 16.1. The Morgan fingerprint density at radius 3 is 2.73 bits per heavy atom. The van der Waals surface area contributed by atoms with E-state index >= 15 is 0 Å². The third-order valence-corrected chi connectivity index (χ3v) is 3.68. The molecular weight excluding hydrogens is 296 g/mol. The molecule has 0 spiro atoms. The van der Waals surface area contributed by atoms with Crippen molar-refractivity contribution in [2.75, 3.05) is 0 Å². The largest absolute Gasteiger partial charge is 0.342 e. The number of H-pyrrole nitrogens is 1. The minimum absolute atomic E-state index is 0.127. The number of hydrogen-bond donors (Lipinski definition) is 2. The van der Waals surface area contributed by atoms with Crippen LogP contribution in [0.15, 0.2) is 43.0 Å². The van der Waals surface area contributed by atoms with Crippen LogP contribution in [0.5, 0.6) is 0 Å². The highest BCUT2D eigenvalue weighted by molar-refractivity contribution is 7.71. The number of aromatic nitrogens is 3. The molecule has 116 valence electrons. The van der Waals surface area contributed by atoms with E-state index < -0.39 is 0 Å². The van der Waals surface area contributed by atoms with Gasteiger partial charge in [0.15, 0.2) is 10.6 Å². The monoisotopic (exact) mass is 316 g/mol. The van der Waals surface area contributed by atoms with Crippen LogP contribution < -0.4 is 5.32 Å². The lowest BCUT2D eigenvalue weighted by molar-refractivity contribution is 0.0922. The predicted molar refractivity (Wildman–Crippen MR) is 89.1 cm³/mol. The van der Waals surface area contributed by atoms with E-state index in [0.29, 0.717) is 22.7 Å². The first kappa shape index (κ1) is 16.2. The van der Waals surface area contributed by atoms with Crippen LogP contribution in [0, 0.1) is 10.7 Å². The van der Waals surface area contributed by atoms with Crippen molar-refractivity contribution in [1.82, 2.24) is 20.1 Å². The Labute approximate surface area is 135 Å². The van der Waals surface area contributed by atoms with Crippen molar-refractivity contribution in [2.24, 2.45) is 5.92 Å². The van der Waals surface area contributed by atoms with E-state index in [9.17, 15) is 4.79 Å². The predicted octanol–water partition coefficient (Wildman–Crippen LogP) is 3.25. The summed E-state index contributed by atoms with van der Waals surface area (Å²) in [6, 6.07) is 8.90. The summed E-state index contributed by atoms with van der Waals surface area (Å²) in [6.07, 6.45) is 1.76. The van der Waals surface area contributed by atoms with E-state index in [2.05, 4.69) is 22.1 Å². The van der Waals surface area contributed by atoms with E-state index in [1.807, 2.05) is 36.6 Å². The molecule has 0 saturated heterocycles. The minimum atomic E-state index is -0.236. The molecule has 1 aromatic carbocycles. The lowest BCUT2D eigenvalue weighted by atomic mass is 10.0. The number of nitrogens with one attached hydrogen (secondary N) is 2. The average molecular weight is 316 g/mol. The molecule has 0 aliphatic rings. The van der Waals surface area contributed by atoms with Gasteiger partial charge in [-0.15, -0.1) is 6.58 Å². The maximum absolute atomic E-state index is 12.4. The van der Waals surface area contributed by atoms with Crippen molar-refractivity contribution in [3.8, 4) is 0 Å². The standard InChI is InChI=1S/C16H20N4OS/c1-4-10-20-14(18-19-16(20)22)13(11(2)3)17-15(21)12-8-6-5-7-9-12/h4-9,11,13H,1,10H2,2-3H3,(H,17,21)(H,19,22). The van der Waals surface area contributed by atoms with Gasteiger partial charge in [0.25, 0.3) is 5.91 Å². The number of carbonyl (C=O) groups is 1. The average Bonchev–Trinajstić information content (AvgIpc) is 2.87. The van der Waals surface area contributed by atoms with Crippen LogP contribution in [-0.4, -0.2) is 20.7 Å². The summed E-state index contributed by atoms with van der Waals surface area (Å²) in [5.74, 6) is 0.754. The van der Waals surface area contributed by atoms with Gasteiger partial charge in [-0.05, 0) is 30.3 Å². The molecule has 1 atom stereocenters. The molecule has 0 radical (unpaired) electrons.